The third-order valence-corrected chi connectivity index (χ3v) is 5.41. The van der Waals surface area contributed by atoms with Gasteiger partial charge in [-0.15, -0.1) is 0 Å². The van der Waals surface area contributed by atoms with E-state index in [2.05, 4.69) is 27.4 Å². The highest BCUT2D eigenvalue weighted by Crippen LogP contribution is 2.21. The van der Waals surface area contributed by atoms with Gasteiger partial charge in [-0.25, -0.2) is 0 Å². The fourth-order valence-electron chi connectivity index (χ4n) is 3.68. The largest absolute Gasteiger partial charge is 0.489 e. The van der Waals surface area contributed by atoms with Crippen LogP contribution in [-0.2, 0) is 17.8 Å². The summed E-state index contributed by atoms with van der Waals surface area (Å²) in [6.07, 6.45) is 7.80. The van der Waals surface area contributed by atoms with E-state index in [1.54, 1.807) is 12.4 Å². The molecule has 0 aliphatic carbocycles. The van der Waals surface area contributed by atoms with Gasteiger partial charge in [0.15, 0.2) is 0 Å². The Balaban J connectivity index is 1.23. The standard InChI is InChI=1S/C26H27N3O2/c1-19(21-11-13-23(14-12-21)31-18-20-6-5-15-27-16-20)29-26(30)10-4-7-22-17-28-25-9-3-2-8-24(22)25/h2-3,5-6,8-9,11-17,19,28H,4,7,10,18H2,1H3,(H,29,30). The van der Waals surface area contributed by atoms with Gasteiger partial charge in [0, 0.05) is 41.5 Å². The number of aromatic nitrogens is 2. The number of carbonyl (C=O) groups is 1. The van der Waals surface area contributed by atoms with E-state index in [1.807, 2.05) is 61.7 Å². The molecule has 1 atom stereocenters. The molecule has 0 saturated carbocycles. The number of hydrogen-bond acceptors (Lipinski definition) is 3. The highest BCUT2D eigenvalue weighted by molar-refractivity contribution is 5.83. The molecule has 1 unspecified atom stereocenters. The lowest BCUT2D eigenvalue weighted by Crippen LogP contribution is -2.26. The molecule has 0 aliphatic heterocycles. The van der Waals surface area contributed by atoms with E-state index < -0.39 is 0 Å². The fraction of sp³-hybridized carbons (Fsp3) is 0.231. The summed E-state index contributed by atoms with van der Waals surface area (Å²) in [5.74, 6) is 0.870. The SMILES string of the molecule is CC(NC(=O)CCCc1c[nH]c2ccccc12)c1ccc(OCc2cccnc2)cc1. The summed E-state index contributed by atoms with van der Waals surface area (Å²) in [4.78, 5) is 19.8. The lowest BCUT2D eigenvalue weighted by molar-refractivity contribution is -0.121. The van der Waals surface area contributed by atoms with Gasteiger partial charge in [-0.1, -0.05) is 36.4 Å². The Bertz CT molecular complexity index is 1120. The number of aromatic amines is 1. The Labute approximate surface area is 182 Å². The van der Waals surface area contributed by atoms with E-state index in [-0.39, 0.29) is 11.9 Å². The lowest BCUT2D eigenvalue weighted by Gasteiger charge is -2.15. The maximum atomic E-state index is 12.4. The Morgan fingerprint density at radius 2 is 1.94 bits per heavy atom. The molecule has 1 amide bonds. The van der Waals surface area contributed by atoms with Gasteiger partial charge in [-0.05, 0) is 55.2 Å². The number of nitrogens with one attached hydrogen (secondary N) is 2. The van der Waals surface area contributed by atoms with Crippen LogP contribution in [0.25, 0.3) is 10.9 Å². The van der Waals surface area contributed by atoms with Crippen molar-refractivity contribution in [1.29, 1.82) is 0 Å². The van der Waals surface area contributed by atoms with Gasteiger partial charge < -0.3 is 15.0 Å². The van der Waals surface area contributed by atoms with Crippen LogP contribution in [0.2, 0.25) is 0 Å². The fourth-order valence-corrected chi connectivity index (χ4v) is 3.68. The summed E-state index contributed by atoms with van der Waals surface area (Å²) >= 11 is 0. The number of carbonyl (C=O) groups excluding carboxylic acids is 1. The molecule has 4 rings (SSSR count). The first-order chi connectivity index (χ1) is 15.2. The predicted octanol–water partition coefficient (Wildman–Crippen LogP) is 5.34. The van der Waals surface area contributed by atoms with Gasteiger partial charge in [0.1, 0.15) is 12.4 Å². The van der Waals surface area contributed by atoms with Crippen molar-refractivity contribution in [1.82, 2.24) is 15.3 Å². The maximum absolute atomic E-state index is 12.4. The van der Waals surface area contributed by atoms with Crippen molar-refractivity contribution in [2.75, 3.05) is 0 Å². The minimum Gasteiger partial charge on any atom is -0.489 e. The van der Waals surface area contributed by atoms with Gasteiger partial charge in [0.05, 0.1) is 6.04 Å². The van der Waals surface area contributed by atoms with E-state index in [4.69, 9.17) is 4.74 Å². The van der Waals surface area contributed by atoms with Gasteiger partial charge >= 0.3 is 0 Å². The number of benzene rings is 2. The molecule has 4 aromatic rings. The molecule has 2 heterocycles. The highest BCUT2D eigenvalue weighted by Gasteiger charge is 2.11. The van der Waals surface area contributed by atoms with Crippen molar-refractivity contribution in [3.63, 3.8) is 0 Å². The smallest absolute Gasteiger partial charge is 0.220 e. The number of ether oxygens (including phenoxy) is 1. The van der Waals surface area contributed by atoms with Crippen LogP contribution in [0.4, 0.5) is 0 Å². The first-order valence-electron chi connectivity index (χ1n) is 10.6. The van der Waals surface area contributed by atoms with Gasteiger partial charge in [-0.3, -0.25) is 9.78 Å². The Hall–Kier alpha value is -3.60. The highest BCUT2D eigenvalue weighted by atomic mass is 16.5. The zero-order valence-corrected chi connectivity index (χ0v) is 17.7. The van der Waals surface area contributed by atoms with Crippen LogP contribution in [0.1, 0.15) is 42.5 Å². The zero-order chi connectivity index (χ0) is 21.5. The number of pyridine rings is 1. The van der Waals surface area contributed by atoms with E-state index in [0.717, 1.165) is 35.2 Å². The molecule has 0 saturated heterocycles. The molecule has 5 nitrogen and oxygen atoms in total. The Morgan fingerprint density at radius 3 is 2.74 bits per heavy atom. The van der Waals surface area contributed by atoms with Gasteiger partial charge in [0.25, 0.3) is 0 Å². The first-order valence-corrected chi connectivity index (χ1v) is 10.6. The van der Waals surface area contributed by atoms with E-state index in [9.17, 15) is 4.79 Å². The molecule has 31 heavy (non-hydrogen) atoms. The van der Waals surface area contributed by atoms with E-state index >= 15 is 0 Å². The number of amides is 1. The van der Waals surface area contributed by atoms with Gasteiger partial charge in [-0.2, -0.15) is 0 Å². The molecule has 5 heteroatoms. The molecule has 0 aliphatic rings. The van der Waals surface area contributed by atoms with Crippen molar-refractivity contribution in [3.8, 4) is 5.75 Å². The second-order valence-electron chi connectivity index (χ2n) is 7.72. The topological polar surface area (TPSA) is 67.0 Å². The summed E-state index contributed by atoms with van der Waals surface area (Å²) in [6, 6.07) is 20.0. The van der Waals surface area contributed by atoms with Crippen LogP contribution in [0.3, 0.4) is 0 Å². The molecule has 2 N–H and O–H groups in total. The molecule has 0 spiro atoms. The third-order valence-electron chi connectivity index (χ3n) is 5.41. The number of para-hydroxylation sites is 1. The molecule has 2 aromatic carbocycles. The molecule has 0 radical (unpaired) electrons. The average molecular weight is 414 g/mol. The van der Waals surface area contributed by atoms with Crippen molar-refractivity contribution < 1.29 is 9.53 Å². The summed E-state index contributed by atoms with van der Waals surface area (Å²) < 4.78 is 5.80. The van der Waals surface area contributed by atoms with E-state index in [0.29, 0.717) is 13.0 Å². The second-order valence-corrected chi connectivity index (χ2v) is 7.72. The summed E-state index contributed by atoms with van der Waals surface area (Å²) in [6.45, 7) is 2.49. The number of fused-ring (bicyclic) bond motifs is 1. The number of nitrogens with zero attached hydrogens (tertiary/aromatic N) is 1. The molecule has 0 fully saturated rings. The normalized spacial score (nSPS) is 11.9. The average Bonchev–Trinajstić information content (AvgIpc) is 3.22. The lowest BCUT2D eigenvalue weighted by atomic mass is 10.1. The van der Waals surface area contributed by atoms with Crippen molar-refractivity contribution in [2.24, 2.45) is 0 Å². The number of hydrogen-bond donors (Lipinski definition) is 2. The van der Waals surface area contributed by atoms with Crippen molar-refractivity contribution in [3.05, 3.63) is 95.9 Å². The summed E-state index contributed by atoms with van der Waals surface area (Å²) in [7, 11) is 0. The molecular weight excluding hydrogens is 386 g/mol. The van der Waals surface area contributed by atoms with Crippen molar-refractivity contribution in [2.45, 2.75) is 38.8 Å². The van der Waals surface area contributed by atoms with Crippen LogP contribution in [0, 0.1) is 0 Å². The first kappa shape index (κ1) is 20.7. The van der Waals surface area contributed by atoms with Crippen LogP contribution >= 0.6 is 0 Å². The second kappa shape index (κ2) is 9.94. The van der Waals surface area contributed by atoms with Crippen LogP contribution < -0.4 is 10.1 Å². The Kier molecular flexibility index (Phi) is 6.62. The molecule has 0 bridgehead atoms. The minimum absolute atomic E-state index is 0.0482. The van der Waals surface area contributed by atoms with Crippen LogP contribution in [-0.4, -0.2) is 15.9 Å². The van der Waals surface area contributed by atoms with Crippen LogP contribution in [0.5, 0.6) is 5.75 Å². The third kappa shape index (κ3) is 5.51. The zero-order valence-electron chi connectivity index (χ0n) is 17.7. The summed E-state index contributed by atoms with van der Waals surface area (Å²) in [5.41, 5.74) is 4.49. The van der Waals surface area contributed by atoms with Crippen LogP contribution in [0.15, 0.2) is 79.3 Å². The molecule has 158 valence electrons. The minimum atomic E-state index is -0.0482. The Morgan fingerprint density at radius 1 is 1.10 bits per heavy atom. The number of rotatable bonds is 9. The predicted molar refractivity (Wildman–Crippen MR) is 123 cm³/mol. The quantitative estimate of drug-likeness (QED) is 0.389. The number of H-pyrrole nitrogens is 1. The van der Waals surface area contributed by atoms with Crippen molar-refractivity contribution >= 4 is 16.8 Å². The molecular formula is C26H27N3O2. The maximum Gasteiger partial charge on any atom is 0.220 e. The monoisotopic (exact) mass is 413 g/mol. The van der Waals surface area contributed by atoms with Gasteiger partial charge in [0.2, 0.25) is 5.91 Å². The molecule has 2 aromatic heterocycles. The van der Waals surface area contributed by atoms with E-state index in [1.165, 1.54) is 10.9 Å². The summed E-state index contributed by atoms with van der Waals surface area (Å²) in [5, 5.41) is 4.33. The number of aryl methyl sites for hydroxylation is 1.